The highest BCUT2D eigenvalue weighted by atomic mass is 32.2. The Labute approximate surface area is 78.4 Å². The number of allylic oxidation sites excluding steroid dienone is 1. The monoisotopic (exact) mass is 209 g/mol. The molecule has 6 heteroatoms. The van der Waals surface area contributed by atoms with Gasteiger partial charge in [0.25, 0.3) is 10.1 Å². The Morgan fingerprint density at radius 3 is 2.00 bits per heavy atom. The first-order chi connectivity index (χ1) is 5.83. The Morgan fingerprint density at radius 2 is 2.00 bits per heavy atom. The third kappa shape index (κ3) is 24.7. The summed E-state index contributed by atoms with van der Waals surface area (Å²) in [6, 6.07) is 0. The van der Waals surface area contributed by atoms with Gasteiger partial charge >= 0.3 is 0 Å². The van der Waals surface area contributed by atoms with E-state index >= 15 is 0 Å². The lowest BCUT2D eigenvalue weighted by molar-refractivity contribution is -0.113. The van der Waals surface area contributed by atoms with Crippen molar-refractivity contribution in [1.82, 2.24) is 0 Å². The average Bonchev–Trinajstić information content (AvgIpc) is 1.84. The number of amides is 1. The summed E-state index contributed by atoms with van der Waals surface area (Å²) in [4.78, 5) is 9.73. The number of hydrogen-bond donors (Lipinski definition) is 2. The summed E-state index contributed by atoms with van der Waals surface area (Å²) in [6.07, 6.45) is 3.38. The van der Waals surface area contributed by atoms with Crippen molar-refractivity contribution < 1.29 is 17.8 Å². The van der Waals surface area contributed by atoms with E-state index in [-0.39, 0.29) is 5.75 Å². The zero-order valence-electron chi connectivity index (χ0n) is 7.73. The molecule has 0 fully saturated rings. The van der Waals surface area contributed by atoms with Crippen LogP contribution in [0.15, 0.2) is 12.2 Å². The molecule has 0 heterocycles. The Morgan fingerprint density at radius 1 is 1.54 bits per heavy atom. The van der Waals surface area contributed by atoms with Crippen molar-refractivity contribution in [2.75, 3.05) is 5.75 Å². The van der Waals surface area contributed by atoms with E-state index in [1.165, 1.54) is 6.08 Å². The van der Waals surface area contributed by atoms with Crippen LogP contribution < -0.4 is 5.73 Å². The van der Waals surface area contributed by atoms with Crippen LogP contribution in [0.4, 0.5) is 0 Å². The molecule has 0 atom stereocenters. The first-order valence-electron chi connectivity index (χ1n) is 3.70. The fourth-order valence-corrected chi connectivity index (χ4v) is 0.938. The molecule has 0 aromatic rings. The largest absolute Gasteiger partial charge is 0.366 e. The van der Waals surface area contributed by atoms with Crippen LogP contribution in [-0.4, -0.2) is 24.6 Å². The molecule has 0 spiro atoms. The Bertz CT molecular complexity index is 256. The van der Waals surface area contributed by atoms with Crippen LogP contribution in [-0.2, 0) is 14.9 Å². The molecule has 0 aromatic heterocycles. The number of hydrogen-bond acceptors (Lipinski definition) is 3. The van der Waals surface area contributed by atoms with Gasteiger partial charge in [0.2, 0.25) is 5.91 Å². The normalized spacial score (nSPS) is 10.7. The molecule has 78 valence electrons. The zero-order chi connectivity index (χ0) is 10.9. The van der Waals surface area contributed by atoms with Gasteiger partial charge in [-0.25, -0.2) is 0 Å². The molecule has 0 saturated heterocycles. The molecule has 0 aliphatic heterocycles. The molecule has 3 N–H and O–H groups in total. The Balaban J connectivity index is 0. The summed E-state index contributed by atoms with van der Waals surface area (Å²) in [5.74, 6) is -0.523. The molecule has 5 nitrogen and oxygen atoms in total. The van der Waals surface area contributed by atoms with Crippen molar-refractivity contribution >= 4 is 16.0 Å². The minimum atomic E-state index is -3.67. The van der Waals surface area contributed by atoms with Gasteiger partial charge < -0.3 is 5.73 Å². The lowest BCUT2D eigenvalue weighted by Gasteiger charge is -1.85. The zero-order valence-corrected chi connectivity index (χ0v) is 8.54. The Hall–Kier alpha value is -0.880. The van der Waals surface area contributed by atoms with Gasteiger partial charge in [-0.1, -0.05) is 13.0 Å². The summed E-state index contributed by atoms with van der Waals surface area (Å²) in [7, 11) is -3.67. The summed E-state index contributed by atoms with van der Waals surface area (Å²) < 4.78 is 27.6. The van der Waals surface area contributed by atoms with E-state index in [2.05, 4.69) is 5.73 Å². The predicted molar refractivity (Wildman–Crippen MR) is 50.7 cm³/mol. The molecule has 13 heavy (non-hydrogen) atoms. The smallest absolute Gasteiger partial charge is 0.264 e. The molecule has 0 saturated carbocycles. The summed E-state index contributed by atoms with van der Waals surface area (Å²) in [5.41, 5.74) is 4.68. The van der Waals surface area contributed by atoms with Crippen LogP contribution in [0.25, 0.3) is 0 Å². The maximum Gasteiger partial charge on any atom is 0.264 e. The van der Waals surface area contributed by atoms with Crippen LogP contribution in [0.5, 0.6) is 0 Å². The van der Waals surface area contributed by atoms with Crippen molar-refractivity contribution in [3.8, 4) is 0 Å². The van der Waals surface area contributed by atoms with Gasteiger partial charge in [-0.05, 0) is 19.4 Å². The van der Waals surface area contributed by atoms with Crippen LogP contribution >= 0.6 is 0 Å². The quantitative estimate of drug-likeness (QED) is 0.517. The van der Waals surface area contributed by atoms with E-state index in [1.807, 2.05) is 0 Å². The minimum absolute atomic E-state index is 0.132. The van der Waals surface area contributed by atoms with Crippen molar-refractivity contribution in [2.24, 2.45) is 5.73 Å². The van der Waals surface area contributed by atoms with E-state index in [9.17, 15) is 13.2 Å². The molecule has 0 aliphatic rings. The first kappa shape index (κ1) is 14.6. The fourth-order valence-electron chi connectivity index (χ4n) is 0.422. The topological polar surface area (TPSA) is 97.5 Å². The standard InChI is InChI=1S/C4H7NO.C3H8O3S/c1-2-3-4(5)6;1-2-3-7(4,5)6/h2-3H,1H3,(H2,5,6);2-3H2,1H3,(H,4,5,6). The molecule has 0 aromatic carbocycles. The highest BCUT2D eigenvalue weighted by molar-refractivity contribution is 7.85. The second-order valence-corrected chi connectivity index (χ2v) is 3.76. The van der Waals surface area contributed by atoms with Gasteiger partial charge in [-0.15, -0.1) is 0 Å². The molecular weight excluding hydrogens is 194 g/mol. The van der Waals surface area contributed by atoms with Crippen molar-refractivity contribution in [2.45, 2.75) is 20.3 Å². The van der Waals surface area contributed by atoms with Gasteiger partial charge in [0, 0.05) is 0 Å². The molecule has 0 unspecified atom stereocenters. The van der Waals surface area contributed by atoms with Gasteiger partial charge in [-0.3, -0.25) is 9.35 Å². The number of nitrogens with two attached hydrogens (primary N) is 1. The van der Waals surface area contributed by atoms with E-state index in [1.54, 1.807) is 19.9 Å². The summed E-state index contributed by atoms with van der Waals surface area (Å²) >= 11 is 0. The van der Waals surface area contributed by atoms with Crippen molar-refractivity contribution in [3.63, 3.8) is 0 Å². The lowest BCUT2D eigenvalue weighted by atomic mass is 10.5. The van der Waals surface area contributed by atoms with Crippen LogP contribution in [0.2, 0.25) is 0 Å². The molecule has 0 radical (unpaired) electrons. The minimum Gasteiger partial charge on any atom is -0.366 e. The molecule has 0 rings (SSSR count). The second-order valence-electron chi connectivity index (χ2n) is 2.19. The summed E-state index contributed by atoms with van der Waals surface area (Å²) in [6.45, 7) is 3.43. The number of primary amides is 1. The van der Waals surface area contributed by atoms with E-state index in [0.29, 0.717) is 6.42 Å². The van der Waals surface area contributed by atoms with Gasteiger partial charge in [0.15, 0.2) is 0 Å². The maximum absolute atomic E-state index is 9.79. The van der Waals surface area contributed by atoms with Crippen LogP contribution in [0, 0.1) is 0 Å². The maximum atomic E-state index is 9.79. The third-order valence-electron chi connectivity index (χ3n) is 0.793. The predicted octanol–water partition coefficient (Wildman–Crippen LogP) is 0.332. The van der Waals surface area contributed by atoms with Crippen molar-refractivity contribution in [1.29, 1.82) is 0 Å². The van der Waals surface area contributed by atoms with Crippen molar-refractivity contribution in [3.05, 3.63) is 12.2 Å². The molecule has 0 aliphatic carbocycles. The molecule has 1 amide bonds. The van der Waals surface area contributed by atoms with Gasteiger partial charge in [-0.2, -0.15) is 8.42 Å². The van der Waals surface area contributed by atoms with Crippen LogP contribution in [0.1, 0.15) is 20.3 Å². The van der Waals surface area contributed by atoms with E-state index in [0.717, 1.165) is 0 Å². The second kappa shape index (κ2) is 7.75. The number of rotatable bonds is 3. The average molecular weight is 209 g/mol. The van der Waals surface area contributed by atoms with Gasteiger partial charge in [0.1, 0.15) is 0 Å². The number of carbonyl (C=O) groups is 1. The first-order valence-corrected chi connectivity index (χ1v) is 5.31. The summed E-state index contributed by atoms with van der Waals surface area (Å²) in [5, 5.41) is 0. The highest BCUT2D eigenvalue weighted by Gasteiger charge is 1.98. The molecule has 0 bridgehead atoms. The Kier molecular flexibility index (Phi) is 8.73. The highest BCUT2D eigenvalue weighted by Crippen LogP contribution is 1.83. The fraction of sp³-hybridized carbons (Fsp3) is 0.571. The van der Waals surface area contributed by atoms with E-state index < -0.39 is 16.0 Å². The SMILES string of the molecule is CC=CC(N)=O.CCCS(=O)(=O)O. The van der Waals surface area contributed by atoms with E-state index in [4.69, 9.17) is 4.55 Å². The van der Waals surface area contributed by atoms with Gasteiger partial charge in [0.05, 0.1) is 5.75 Å². The third-order valence-corrected chi connectivity index (χ3v) is 1.72. The van der Waals surface area contributed by atoms with Crippen LogP contribution in [0.3, 0.4) is 0 Å². The number of carbonyl (C=O) groups excluding carboxylic acids is 1. The molecular formula is C7H15NO4S. The lowest BCUT2D eigenvalue weighted by Crippen LogP contribution is -2.04.